The smallest absolute Gasteiger partial charge is 0.272 e. The summed E-state index contributed by atoms with van der Waals surface area (Å²) in [4.78, 5) is 10.6. The van der Waals surface area contributed by atoms with Crippen molar-refractivity contribution >= 4 is 5.91 Å². The number of hydrogen-bond donors (Lipinski definition) is 1. The van der Waals surface area contributed by atoms with Gasteiger partial charge in [0, 0.05) is 0 Å². The van der Waals surface area contributed by atoms with E-state index in [1.807, 2.05) is 13.8 Å². The van der Waals surface area contributed by atoms with Crippen LogP contribution in [0.1, 0.15) is 13.8 Å². The molecule has 4 nitrogen and oxygen atoms in total. The molecule has 1 fully saturated rings. The molecule has 0 bridgehead atoms. The molecule has 1 amide bonds. The highest BCUT2D eigenvalue weighted by molar-refractivity contribution is 5.76. The van der Waals surface area contributed by atoms with Crippen molar-refractivity contribution in [2.75, 3.05) is 13.2 Å². The van der Waals surface area contributed by atoms with Gasteiger partial charge in [0.15, 0.2) is 0 Å². The molecule has 1 N–H and O–H groups in total. The lowest BCUT2D eigenvalue weighted by Crippen LogP contribution is -2.49. The Morgan fingerprint density at radius 1 is 1.70 bits per heavy atom. The Labute approximate surface area is 59.3 Å². The van der Waals surface area contributed by atoms with Crippen molar-refractivity contribution in [3.63, 3.8) is 0 Å². The minimum atomic E-state index is -0.414. The molecule has 0 aliphatic carbocycles. The van der Waals surface area contributed by atoms with Gasteiger partial charge in [0.2, 0.25) is 0 Å². The fraction of sp³-hybridized carbons (Fsp3) is 0.833. The molecule has 0 radical (unpaired) electrons. The van der Waals surface area contributed by atoms with Gasteiger partial charge in [0.05, 0.1) is 12.1 Å². The van der Waals surface area contributed by atoms with Gasteiger partial charge in [-0.3, -0.25) is 10.0 Å². The van der Waals surface area contributed by atoms with Crippen molar-refractivity contribution in [3.8, 4) is 0 Å². The van der Waals surface area contributed by atoms with Crippen molar-refractivity contribution in [2.45, 2.75) is 19.4 Å². The maximum Gasteiger partial charge on any atom is 0.272 e. The Morgan fingerprint density at radius 2 is 2.30 bits per heavy atom. The number of morpholine rings is 1. The van der Waals surface area contributed by atoms with Gasteiger partial charge in [-0.15, -0.1) is 0 Å². The van der Waals surface area contributed by atoms with Crippen LogP contribution in [0.3, 0.4) is 0 Å². The van der Waals surface area contributed by atoms with E-state index in [-0.39, 0.29) is 19.1 Å². The van der Waals surface area contributed by atoms with Crippen molar-refractivity contribution in [1.29, 1.82) is 0 Å². The number of nitrogens with zero attached hydrogens (tertiary/aromatic N) is 1. The first-order valence-corrected chi connectivity index (χ1v) is 3.14. The Morgan fingerprint density at radius 3 is 2.70 bits per heavy atom. The second kappa shape index (κ2) is 2.21. The van der Waals surface area contributed by atoms with Crippen LogP contribution in [0.2, 0.25) is 0 Å². The van der Waals surface area contributed by atoms with Gasteiger partial charge in [-0.2, -0.15) is 0 Å². The minimum absolute atomic E-state index is 0.0243. The summed E-state index contributed by atoms with van der Waals surface area (Å²) in [5.41, 5.74) is -0.414. The van der Waals surface area contributed by atoms with Gasteiger partial charge in [0.25, 0.3) is 5.91 Å². The largest absolute Gasteiger partial charge is 0.364 e. The normalized spacial score (nSPS) is 25.1. The zero-order valence-corrected chi connectivity index (χ0v) is 6.13. The third-order valence-electron chi connectivity index (χ3n) is 1.40. The Kier molecular flexibility index (Phi) is 1.66. The number of amides is 1. The summed E-state index contributed by atoms with van der Waals surface area (Å²) in [6.07, 6.45) is 0. The Balaban J connectivity index is 2.57. The highest BCUT2D eigenvalue weighted by Crippen LogP contribution is 2.14. The SMILES string of the molecule is CC1(C)CN(O)C(=O)CO1. The average Bonchev–Trinajstić information content (AvgIpc) is 1.79. The first-order chi connectivity index (χ1) is 4.51. The van der Waals surface area contributed by atoms with Crippen LogP contribution in [0.5, 0.6) is 0 Å². The molecule has 0 saturated carbocycles. The van der Waals surface area contributed by atoms with Crippen molar-refractivity contribution in [3.05, 3.63) is 0 Å². The van der Waals surface area contributed by atoms with Crippen molar-refractivity contribution in [1.82, 2.24) is 5.06 Å². The quantitative estimate of drug-likeness (QED) is 0.488. The zero-order valence-electron chi connectivity index (χ0n) is 6.13. The molecule has 0 aromatic heterocycles. The van der Waals surface area contributed by atoms with Gasteiger partial charge >= 0.3 is 0 Å². The standard InChI is InChI=1S/C6H11NO3/c1-6(2)4-7(9)5(8)3-10-6/h9H,3-4H2,1-2H3. The number of hydrogen-bond acceptors (Lipinski definition) is 3. The molecule has 0 aromatic rings. The van der Waals surface area contributed by atoms with E-state index in [1.54, 1.807) is 0 Å². The van der Waals surface area contributed by atoms with E-state index in [9.17, 15) is 4.79 Å². The summed E-state index contributed by atoms with van der Waals surface area (Å²) in [7, 11) is 0. The van der Waals surface area contributed by atoms with Crippen LogP contribution in [-0.2, 0) is 9.53 Å². The minimum Gasteiger partial charge on any atom is -0.364 e. The van der Waals surface area contributed by atoms with Gasteiger partial charge in [-0.1, -0.05) is 0 Å². The summed E-state index contributed by atoms with van der Waals surface area (Å²) in [5.74, 6) is -0.376. The topological polar surface area (TPSA) is 49.8 Å². The van der Waals surface area contributed by atoms with E-state index in [4.69, 9.17) is 9.94 Å². The highest BCUT2D eigenvalue weighted by Gasteiger charge is 2.30. The predicted molar refractivity (Wildman–Crippen MR) is 33.5 cm³/mol. The van der Waals surface area contributed by atoms with E-state index >= 15 is 0 Å². The van der Waals surface area contributed by atoms with Crippen LogP contribution in [0.25, 0.3) is 0 Å². The lowest BCUT2D eigenvalue weighted by atomic mass is 10.1. The molecule has 0 spiro atoms. The summed E-state index contributed by atoms with van der Waals surface area (Å²) in [6, 6.07) is 0. The molecule has 0 aromatic carbocycles. The van der Waals surface area contributed by atoms with E-state index in [1.165, 1.54) is 0 Å². The molecule has 1 rings (SSSR count). The third-order valence-corrected chi connectivity index (χ3v) is 1.40. The molecular formula is C6H11NO3. The van der Waals surface area contributed by atoms with Crippen LogP contribution in [0, 0.1) is 0 Å². The first-order valence-electron chi connectivity index (χ1n) is 3.14. The molecule has 1 aliphatic rings. The monoisotopic (exact) mass is 145 g/mol. The molecule has 0 atom stereocenters. The van der Waals surface area contributed by atoms with Gasteiger partial charge in [-0.25, -0.2) is 5.06 Å². The van der Waals surface area contributed by atoms with Crippen LogP contribution >= 0.6 is 0 Å². The molecule has 4 heteroatoms. The molecule has 1 aliphatic heterocycles. The van der Waals surface area contributed by atoms with E-state index < -0.39 is 5.60 Å². The van der Waals surface area contributed by atoms with Crippen LogP contribution in [-0.4, -0.2) is 34.9 Å². The lowest BCUT2D eigenvalue weighted by Gasteiger charge is -2.33. The first kappa shape index (κ1) is 7.50. The van der Waals surface area contributed by atoms with Crippen LogP contribution < -0.4 is 0 Å². The van der Waals surface area contributed by atoms with E-state index in [2.05, 4.69) is 0 Å². The van der Waals surface area contributed by atoms with Gasteiger partial charge < -0.3 is 4.74 Å². The average molecular weight is 145 g/mol. The maximum atomic E-state index is 10.6. The zero-order chi connectivity index (χ0) is 7.78. The molecular weight excluding hydrogens is 134 g/mol. The van der Waals surface area contributed by atoms with E-state index in [0.29, 0.717) is 5.06 Å². The highest BCUT2D eigenvalue weighted by atomic mass is 16.6. The number of carbonyl (C=O) groups excluding carboxylic acids is 1. The number of hydroxylamine groups is 2. The second-order valence-electron chi connectivity index (χ2n) is 3.00. The summed E-state index contributed by atoms with van der Waals surface area (Å²) in [6.45, 7) is 3.86. The lowest BCUT2D eigenvalue weighted by molar-refractivity contribution is -0.207. The Hall–Kier alpha value is -0.610. The summed E-state index contributed by atoms with van der Waals surface area (Å²) >= 11 is 0. The number of ether oxygens (including phenoxy) is 1. The van der Waals surface area contributed by atoms with E-state index in [0.717, 1.165) is 0 Å². The molecule has 1 heterocycles. The fourth-order valence-corrected chi connectivity index (χ4v) is 0.826. The van der Waals surface area contributed by atoms with Crippen LogP contribution in [0.15, 0.2) is 0 Å². The van der Waals surface area contributed by atoms with Crippen molar-refractivity contribution < 1.29 is 14.7 Å². The summed E-state index contributed by atoms with van der Waals surface area (Å²) < 4.78 is 5.10. The third kappa shape index (κ3) is 1.46. The van der Waals surface area contributed by atoms with Gasteiger partial charge in [-0.05, 0) is 13.8 Å². The van der Waals surface area contributed by atoms with Crippen LogP contribution in [0.4, 0.5) is 0 Å². The number of carbonyl (C=O) groups is 1. The maximum absolute atomic E-state index is 10.6. The molecule has 10 heavy (non-hydrogen) atoms. The fourth-order valence-electron chi connectivity index (χ4n) is 0.826. The van der Waals surface area contributed by atoms with Crippen molar-refractivity contribution in [2.24, 2.45) is 0 Å². The Bertz CT molecular complexity index is 155. The molecule has 0 unspecified atom stereocenters. The summed E-state index contributed by atoms with van der Waals surface area (Å²) in [5, 5.41) is 9.62. The predicted octanol–water partition coefficient (Wildman–Crippen LogP) is 0.0130. The molecule has 58 valence electrons. The molecule has 1 saturated heterocycles. The second-order valence-corrected chi connectivity index (χ2v) is 3.00. The number of rotatable bonds is 0. The van der Waals surface area contributed by atoms with Gasteiger partial charge in [0.1, 0.15) is 6.61 Å².